The van der Waals surface area contributed by atoms with Crippen molar-refractivity contribution in [3.8, 4) is 11.5 Å². The van der Waals surface area contributed by atoms with Crippen molar-refractivity contribution >= 4 is 27.7 Å². The van der Waals surface area contributed by atoms with Crippen molar-refractivity contribution in [2.24, 2.45) is 0 Å². The quantitative estimate of drug-likeness (QED) is 0.656. The molecule has 8 heteroatoms. The fourth-order valence-corrected chi connectivity index (χ4v) is 5.22. The van der Waals surface area contributed by atoms with Crippen LogP contribution in [0.2, 0.25) is 0 Å². The van der Waals surface area contributed by atoms with Crippen molar-refractivity contribution in [2.75, 3.05) is 32.6 Å². The number of carbonyl (C=O) groups excluding carboxylic acids is 1. The van der Waals surface area contributed by atoms with Gasteiger partial charge in [0, 0.05) is 19.2 Å². The zero-order chi connectivity index (χ0) is 22.4. The number of hydrogen-bond donors (Lipinski definition) is 1. The number of piperidine rings is 1. The van der Waals surface area contributed by atoms with E-state index in [0.29, 0.717) is 30.1 Å². The Hall–Kier alpha value is -2.84. The molecule has 1 N–H and O–H groups in total. The number of nitrogens with zero attached hydrogens (tertiary/aromatic N) is 1. The minimum absolute atomic E-state index is 0.111. The summed E-state index contributed by atoms with van der Waals surface area (Å²) in [5, 5.41) is 2.79. The van der Waals surface area contributed by atoms with Gasteiger partial charge >= 0.3 is 0 Å². The molecule has 1 amide bonds. The van der Waals surface area contributed by atoms with E-state index >= 15 is 0 Å². The summed E-state index contributed by atoms with van der Waals surface area (Å²) in [7, 11) is -0.684. The van der Waals surface area contributed by atoms with Gasteiger partial charge in [-0.3, -0.25) is 4.79 Å². The molecule has 3 rings (SSSR count). The highest BCUT2D eigenvalue weighted by Crippen LogP contribution is 2.30. The molecule has 166 valence electrons. The fourth-order valence-electron chi connectivity index (χ4n) is 3.51. The third-order valence-electron chi connectivity index (χ3n) is 5.16. The van der Waals surface area contributed by atoms with Gasteiger partial charge in [-0.05, 0) is 61.2 Å². The molecule has 0 bridgehead atoms. The van der Waals surface area contributed by atoms with E-state index in [9.17, 15) is 13.2 Å². The molecule has 1 fully saturated rings. The number of aryl methyl sites for hydroxylation is 1. The van der Waals surface area contributed by atoms with Crippen LogP contribution in [0, 0.1) is 6.92 Å². The number of nitrogens with one attached hydrogen (secondary N) is 1. The van der Waals surface area contributed by atoms with Gasteiger partial charge in [-0.1, -0.05) is 18.6 Å². The predicted molar refractivity (Wildman–Crippen MR) is 121 cm³/mol. The molecule has 1 saturated heterocycles. The first-order valence-corrected chi connectivity index (χ1v) is 11.6. The summed E-state index contributed by atoms with van der Waals surface area (Å²) in [5.74, 6) is 0.503. The number of methoxy groups -OCH3 is 2. The van der Waals surface area contributed by atoms with Gasteiger partial charge in [0.05, 0.1) is 19.9 Å². The molecule has 0 atom stereocenters. The summed E-state index contributed by atoms with van der Waals surface area (Å²) in [4.78, 5) is 12.5. The van der Waals surface area contributed by atoms with E-state index < -0.39 is 10.0 Å². The lowest BCUT2D eigenvalue weighted by molar-refractivity contribution is -0.111. The number of hydrogen-bond acceptors (Lipinski definition) is 5. The normalized spacial score (nSPS) is 15.1. The molecule has 2 aromatic rings. The van der Waals surface area contributed by atoms with Crippen molar-refractivity contribution < 1.29 is 22.7 Å². The summed E-state index contributed by atoms with van der Waals surface area (Å²) in [6.45, 7) is 2.94. The Kier molecular flexibility index (Phi) is 7.35. The number of rotatable bonds is 7. The van der Waals surface area contributed by atoms with Crippen molar-refractivity contribution in [3.63, 3.8) is 0 Å². The van der Waals surface area contributed by atoms with Crippen LogP contribution in [0.3, 0.4) is 0 Å². The highest BCUT2D eigenvalue weighted by Gasteiger charge is 2.29. The monoisotopic (exact) mass is 444 g/mol. The number of carbonyl (C=O) groups is 1. The molecule has 2 aromatic carbocycles. The van der Waals surface area contributed by atoms with Crippen molar-refractivity contribution in [1.29, 1.82) is 0 Å². The smallest absolute Gasteiger partial charge is 0.248 e. The van der Waals surface area contributed by atoms with E-state index in [1.54, 1.807) is 30.3 Å². The van der Waals surface area contributed by atoms with E-state index in [2.05, 4.69) is 5.32 Å². The van der Waals surface area contributed by atoms with Crippen LogP contribution in [0.1, 0.15) is 30.4 Å². The third-order valence-corrected chi connectivity index (χ3v) is 7.08. The zero-order valence-electron chi connectivity index (χ0n) is 18.1. The molecule has 0 unspecified atom stereocenters. The molecular weight excluding hydrogens is 416 g/mol. The van der Waals surface area contributed by atoms with Gasteiger partial charge in [-0.15, -0.1) is 0 Å². The van der Waals surface area contributed by atoms with Crippen LogP contribution in [0.25, 0.3) is 6.08 Å². The summed E-state index contributed by atoms with van der Waals surface area (Å²) >= 11 is 0. The second-order valence-corrected chi connectivity index (χ2v) is 9.31. The lowest BCUT2D eigenvalue weighted by Crippen LogP contribution is -2.35. The van der Waals surface area contributed by atoms with Gasteiger partial charge in [0.1, 0.15) is 16.4 Å². The average molecular weight is 445 g/mol. The molecule has 0 radical (unpaired) electrons. The van der Waals surface area contributed by atoms with Crippen LogP contribution in [0.5, 0.6) is 11.5 Å². The summed E-state index contributed by atoms with van der Waals surface area (Å²) in [5.41, 5.74) is 2.14. The summed E-state index contributed by atoms with van der Waals surface area (Å²) < 4.78 is 38.3. The highest BCUT2D eigenvalue weighted by molar-refractivity contribution is 7.89. The molecule has 0 saturated carbocycles. The zero-order valence-corrected chi connectivity index (χ0v) is 18.9. The van der Waals surface area contributed by atoms with Crippen LogP contribution < -0.4 is 14.8 Å². The molecule has 0 aromatic heterocycles. The van der Waals surface area contributed by atoms with Crippen LogP contribution in [-0.2, 0) is 14.8 Å². The molecule has 1 aliphatic heterocycles. The number of sulfonamides is 1. The Morgan fingerprint density at radius 1 is 1.00 bits per heavy atom. The Labute approximate surface area is 183 Å². The van der Waals surface area contributed by atoms with Crippen LogP contribution in [-0.4, -0.2) is 45.9 Å². The molecule has 31 heavy (non-hydrogen) atoms. The number of benzene rings is 2. The Morgan fingerprint density at radius 2 is 1.68 bits per heavy atom. The first-order valence-electron chi connectivity index (χ1n) is 10.2. The maximum absolute atomic E-state index is 13.1. The molecule has 1 aliphatic rings. The predicted octanol–water partition coefficient (Wildman–Crippen LogP) is 3.84. The number of anilines is 1. The second kappa shape index (κ2) is 9.98. The maximum Gasteiger partial charge on any atom is 0.248 e. The van der Waals surface area contributed by atoms with Crippen LogP contribution in [0.4, 0.5) is 5.69 Å². The van der Waals surface area contributed by atoms with E-state index in [1.807, 2.05) is 19.1 Å². The highest BCUT2D eigenvalue weighted by atomic mass is 32.2. The Balaban J connectivity index is 1.82. The van der Waals surface area contributed by atoms with E-state index in [4.69, 9.17) is 9.47 Å². The summed E-state index contributed by atoms with van der Waals surface area (Å²) in [6.07, 6.45) is 5.67. The van der Waals surface area contributed by atoms with Crippen molar-refractivity contribution in [1.82, 2.24) is 4.31 Å². The molecule has 1 heterocycles. The van der Waals surface area contributed by atoms with Gasteiger partial charge in [0.15, 0.2) is 0 Å². The summed E-state index contributed by atoms with van der Waals surface area (Å²) in [6, 6.07) is 10.4. The van der Waals surface area contributed by atoms with E-state index in [-0.39, 0.29) is 16.6 Å². The fraction of sp³-hybridized carbons (Fsp3) is 0.348. The molecule has 0 spiro atoms. The second-order valence-electron chi connectivity index (χ2n) is 7.40. The largest absolute Gasteiger partial charge is 0.495 e. The van der Waals surface area contributed by atoms with Gasteiger partial charge in [0.25, 0.3) is 0 Å². The molecule has 7 nitrogen and oxygen atoms in total. The first-order chi connectivity index (χ1) is 14.8. The van der Waals surface area contributed by atoms with Crippen LogP contribution >= 0.6 is 0 Å². The average Bonchev–Trinajstić information content (AvgIpc) is 2.78. The lowest BCUT2D eigenvalue weighted by Gasteiger charge is -2.26. The number of ether oxygens (including phenoxy) is 2. The lowest BCUT2D eigenvalue weighted by atomic mass is 10.2. The van der Waals surface area contributed by atoms with E-state index in [1.165, 1.54) is 24.6 Å². The molecular formula is C23H28N2O5S. The van der Waals surface area contributed by atoms with Gasteiger partial charge in [-0.2, -0.15) is 4.31 Å². The first kappa shape index (κ1) is 22.8. The third kappa shape index (κ3) is 5.45. The van der Waals surface area contributed by atoms with Crippen molar-refractivity contribution in [3.05, 3.63) is 53.6 Å². The minimum atomic E-state index is -3.67. The van der Waals surface area contributed by atoms with Gasteiger partial charge in [0.2, 0.25) is 15.9 Å². The van der Waals surface area contributed by atoms with E-state index in [0.717, 1.165) is 24.8 Å². The topological polar surface area (TPSA) is 84.9 Å². The number of amides is 1. The molecule has 0 aliphatic carbocycles. The van der Waals surface area contributed by atoms with Crippen molar-refractivity contribution in [2.45, 2.75) is 31.1 Å². The van der Waals surface area contributed by atoms with Gasteiger partial charge < -0.3 is 14.8 Å². The standard InChI is InChI=1S/C23H28N2O5S/c1-17-7-10-20(29-2)19(15-17)24-23(26)12-9-18-8-11-21(30-3)22(16-18)31(27,28)25-13-5-4-6-14-25/h7-12,15-16H,4-6,13-14H2,1-3H3,(H,24,26)/b12-9+. The SMILES string of the molecule is COc1ccc(C)cc1NC(=O)/C=C/c1ccc(OC)c(S(=O)(=O)N2CCCCC2)c1. The Morgan fingerprint density at radius 3 is 2.35 bits per heavy atom. The maximum atomic E-state index is 13.1. The van der Waals surface area contributed by atoms with Gasteiger partial charge in [-0.25, -0.2) is 8.42 Å². The Bertz CT molecular complexity index is 1070. The van der Waals surface area contributed by atoms with Crippen LogP contribution in [0.15, 0.2) is 47.4 Å². The minimum Gasteiger partial charge on any atom is -0.495 e.